The van der Waals surface area contributed by atoms with Crippen molar-refractivity contribution in [2.45, 2.75) is 30.2 Å². The van der Waals surface area contributed by atoms with Gasteiger partial charge in [0.05, 0.1) is 32.9 Å². The van der Waals surface area contributed by atoms with E-state index in [9.17, 15) is 10.2 Å². The van der Waals surface area contributed by atoms with Crippen molar-refractivity contribution in [1.82, 2.24) is 0 Å². The minimum absolute atomic E-state index is 0.287. The summed E-state index contributed by atoms with van der Waals surface area (Å²) in [5.41, 5.74) is 2.79. The summed E-state index contributed by atoms with van der Waals surface area (Å²) in [6, 6.07) is 9.23. The molecule has 0 amide bonds. The molecule has 2 nitrogen and oxygen atoms in total. The van der Waals surface area contributed by atoms with Crippen LogP contribution in [0, 0.1) is 0 Å². The van der Waals surface area contributed by atoms with E-state index in [1.807, 2.05) is 70.6 Å². The molecule has 26 heavy (non-hydrogen) atoms. The zero-order valence-corrected chi connectivity index (χ0v) is 19.8. The van der Waals surface area contributed by atoms with Gasteiger partial charge in [-0.1, -0.05) is 24.3 Å². The third kappa shape index (κ3) is 5.23. The monoisotopic (exact) mass is 466 g/mol. The van der Waals surface area contributed by atoms with Gasteiger partial charge in [0.15, 0.2) is 0 Å². The molecule has 0 saturated carbocycles. The fourth-order valence-electron chi connectivity index (χ4n) is 3.13. The highest BCUT2D eigenvalue weighted by atomic mass is 32.2. The Balaban J connectivity index is 1.68. The van der Waals surface area contributed by atoms with Gasteiger partial charge in [0, 0.05) is 22.0 Å². The standard InChI is InChI=1S/C18H26O2S6/c1-21-15(17-23-9-13(7-19)25-17)11-3-5-12(6-4-11)16(22-2)18-24-10-14(8-20)26-18/h3-6,13-20H,7-10H2,1-2H3. The molecule has 0 aliphatic carbocycles. The van der Waals surface area contributed by atoms with E-state index in [-0.39, 0.29) is 13.2 Å². The van der Waals surface area contributed by atoms with Gasteiger partial charge in [0.1, 0.15) is 0 Å². The molecule has 0 aromatic heterocycles. The molecule has 146 valence electrons. The van der Waals surface area contributed by atoms with Crippen molar-refractivity contribution in [3.63, 3.8) is 0 Å². The summed E-state index contributed by atoms with van der Waals surface area (Å²) in [4.78, 5) is 0. The number of aliphatic hydroxyl groups is 2. The maximum absolute atomic E-state index is 9.41. The predicted molar refractivity (Wildman–Crippen MR) is 128 cm³/mol. The van der Waals surface area contributed by atoms with Crippen LogP contribution in [0.25, 0.3) is 0 Å². The molecular formula is C18H26O2S6. The highest BCUT2D eigenvalue weighted by Gasteiger charge is 2.34. The second-order valence-corrected chi connectivity index (χ2v) is 14.1. The fraction of sp³-hybridized carbons (Fsp3) is 0.667. The van der Waals surface area contributed by atoms with Gasteiger partial charge in [-0.15, -0.1) is 47.0 Å². The molecule has 0 radical (unpaired) electrons. The first-order chi connectivity index (χ1) is 12.7. The van der Waals surface area contributed by atoms with Gasteiger partial charge in [-0.2, -0.15) is 23.5 Å². The maximum Gasteiger partial charge on any atom is 0.0665 e. The molecule has 6 atom stereocenters. The van der Waals surface area contributed by atoms with E-state index in [1.54, 1.807) is 0 Å². The van der Waals surface area contributed by atoms with E-state index in [2.05, 4.69) is 36.8 Å². The molecular weight excluding hydrogens is 441 g/mol. The van der Waals surface area contributed by atoms with Crippen LogP contribution in [0.1, 0.15) is 21.6 Å². The van der Waals surface area contributed by atoms with Crippen LogP contribution >= 0.6 is 70.6 Å². The molecule has 6 unspecified atom stereocenters. The molecule has 2 fully saturated rings. The largest absolute Gasteiger partial charge is 0.395 e. The predicted octanol–water partition coefficient (Wildman–Crippen LogP) is 4.83. The van der Waals surface area contributed by atoms with E-state index in [1.165, 1.54) is 11.1 Å². The molecule has 1 aromatic rings. The van der Waals surface area contributed by atoms with E-state index < -0.39 is 0 Å². The van der Waals surface area contributed by atoms with Crippen LogP contribution < -0.4 is 0 Å². The lowest BCUT2D eigenvalue weighted by Crippen LogP contribution is -2.10. The Morgan fingerprint density at radius 2 is 1.23 bits per heavy atom. The SMILES string of the molecule is CSC(c1ccc(C(SC)C2SCC(CO)S2)cc1)C1SCC(CO)S1. The van der Waals surface area contributed by atoms with Crippen molar-refractivity contribution in [3.8, 4) is 0 Å². The second kappa shape index (κ2) is 10.9. The van der Waals surface area contributed by atoms with Gasteiger partial charge >= 0.3 is 0 Å². The topological polar surface area (TPSA) is 40.5 Å². The van der Waals surface area contributed by atoms with E-state index in [4.69, 9.17) is 0 Å². The second-order valence-electron chi connectivity index (χ2n) is 6.26. The number of aliphatic hydroxyl groups excluding tert-OH is 2. The van der Waals surface area contributed by atoms with Crippen LogP contribution in [0.3, 0.4) is 0 Å². The Morgan fingerprint density at radius 3 is 1.50 bits per heavy atom. The van der Waals surface area contributed by atoms with Crippen LogP contribution in [0.2, 0.25) is 0 Å². The van der Waals surface area contributed by atoms with Gasteiger partial charge in [-0.05, 0) is 23.6 Å². The van der Waals surface area contributed by atoms with Crippen molar-refractivity contribution in [2.24, 2.45) is 0 Å². The lowest BCUT2D eigenvalue weighted by molar-refractivity contribution is 0.301. The van der Waals surface area contributed by atoms with Gasteiger partial charge in [-0.25, -0.2) is 0 Å². The van der Waals surface area contributed by atoms with Gasteiger partial charge in [0.2, 0.25) is 0 Å². The summed E-state index contributed by atoms with van der Waals surface area (Å²) < 4.78 is 1.05. The lowest BCUT2D eigenvalue weighted by Gasteiger charge is -2.24. The summed E-state index contributed by atoms with van der Waals surface area (Å²) in [5.74, 6) is 2.11. The van der Waals surface area contributed by atoms with E-state index >= 15 is 0 Å². The summed E-state index contributed by atoms with van der Waals surface area (Å²) in [6.07, 6.45) is 4.38. The highest BCUT2D eigenvalue weighted by Crippen LogP contribution is 2.51. The molecule has 2 saturated heterocycles. The lowest BCUT2D eigenvalue weighted by atomic mass is 10.1. The number of benzene rings is 1. The molecule has 0 bridgehead atoms. The van der Waals surface area contributed by atoms with Crippen LogP contribution in [-0.4, -0.2) is 67.1 Å². The Kier molecular flexibility index (Phi) is 9.16. The van der Waals surface area contributed by atoms with Crippen molar-refractivity contribution < 1.29 is 10.2 Å². The van der Waals surface area contributed by atoms with Gasteiger partial charge in [0.25, 0.3) is 0 Å². The first-order valence-electron chi connectivity index (χ1n) is 8.61. The molecule has 0 spiro atoms. The Morgan fingerprint density at radius 1 is 0.846 bits per heavy atom. The Labute approximate surface area is 182 Å². The zero-order chi connectivity index (χ0) is 18.5. The number of thioether (sulfide) groups is 6. The maximum atomic E-state index is 9.41. The first-order valence-corrected chi connectivity index (χ1v) is 15.2. The minimum Gasteiger partial charge on any atom is -0.395 e. The molecule has 1 aromatic carbocycles. The van der Waals surface area contributed by atoms with Crippen molar-refractivity contribution in [3.05, 3.63) is 35.4 Å². The number of hydrogen-bond donors (Lipinski definition) is 2. The van der Waals surface area contributed by atoms with Crippen LogP contribution in [0.4, 0.5) is 0 Å². The number of hydrogen-bond acceptors (Lipinski definition) is 8. The van der Waals surface area contributed by atoms with E-state index in [0.29, 0.717) is 30.2 Å². The third-order valence-corrected chi connectivity index (χ3v) is 14.1. The highest BCUT2D eigenvalue weighted by molar-refractivity contribution is 8.22. The van der Waals surface area contributed by atoms with E-state index in [0.717, 1.165) is 11.5 Å². The average Bonchev–Trinajstić information content (AvgIpc) is 3.34. The summed E-state index contributed by atoms with van der Waals surface area (Å²) in [7, 11) is 0. The summed E-state index contributed by atoms with van der Waals surface area (Å²) in [6.45, 7) is 0.574. The van der Waals surface area contributed by atoms with Crippen molar-refractivity contribution >= 4 is 70.6 Å². The van der Waals surface area contributed by atoms with Crippen molar-refractivity contribution in [2.75, 3.05) is 37.2 Å². The smallest absolute Gasteiger partial charge is 0.0665 e. The average molecular weight is 467 g/mol. The third-order valence-electron chi connectivity index (χ3n) is 4.55. The summed E-state index contributed by atoms with van der Waals surface area (Å²) in [5, 5.41) is 20.5. The molecule has 2 aliphatic heterocycles. The summed E-state index contributed by atoms with van der Waals surface area (Å²) >= 11 is 11.7. The fourth-order valence-corrected chi connectivity index (χ4v) is 13.0. The number of rotatable bonds is 8. The quantitative estimate of drug-likeness (QED) is 0.565. The molecule has 3 rings (SSSR count). The van der Waals surface area contributed by atoms with Crippen molar-refractivity contribution in [1.29, 1.82) is 0 Å². The normalized spacial score (nSPS) is 31.2. The van der Waals surface area contributed by atoms with Crippen LogP contribution in [0.15, 0.2) is 24.3 Å². The molecule has 8 heteroatoms. The van der Waals surface area contributed by atoms with Gasteiger partial charge < -0.3 is 10.2 Å². The zero-order valence-electron chi connectivity index (χ0n) is 14.9. The van der Waals surface area contributed by atoms with Crippen LogP contribution in [0.5, 0.6) is 0 Å². The molecule has 2 heterocycles. The van der Waals surface area contributed by atoms with Crippen LogP contribution in [-0.2, 0) is 0 Å². The molecule has 2 aliphatic rings. The molecule has 2 N–H and O–H groups in total. The Bertz CT molecular complexity index is 508. The Hall–Kier alpha value is 1.24. The first kappa shape index (κ1) is 21.9. The minimum atomic E-state index is 0.287. The van der Waals surface area contributed by atoms with Gasteiger partial charge in [-0.3, -0.25) is 0 Å².